The Morgan fingerprint density at radius 3 is 2.21 bits per heavy atom. The van der Waals surface area contributed by atoms with E-state index in [1.807, 2.05) is 6.07 Å². The van der Waals surface area contributed by atoms with E-state index in [9.17, 15) is 15.0 Å². The van der Waals surface area contributed by atoms with Crippen LogP contribution in [0.3, 0.4) is 0 Å². The zero-order valence-corrected chi connectivity index (χ0v) is 7.68. The first kappa shape index (κ1) is 9.44. The molecule has 1 aliphatic carbocycles. The SMILES string of the molecule is N#CC1(C(=O)N2CC(O)C(O)C2)CC1. The van der Waals surface area contributed by atoms with Crippen molar-refractivity contribution in [3.63, 3.8) is 0 Å². The van der Waals surface area contributed by atoms with E-state index < -0.39 is 17.6 Å². The number of β-amino-alcohol motifs (C(OH)–C–C–N with tert-alkyl or cyclic N) is 2. The van der Waals surface area contributed by atoms with Crippen molar-refractivity contribution in [1.29, 1.82) is 5.26 Å². The Kier molecular flexibility index (Phi) is 1.98. The van der Waals surface area contributed by atoms with Crippen LogP contribution in [0.5, 0.6) is 0 Å². The fraction of sp³-hybridized carbons (Fsp3) is 0.778. The van der Waals surface area contributed by atoms with Gasteiger partial charge in [0.15, 0.2) is 0 Å². The predicted octanol–water partition coefficient (Wildman–Crippen LogP) is -1.15. The summed E-state index contributed by atoms with van der Waals surface area (Å²) in [6.45, 7) is 0.285. The summed E-state index contributed by atoms with van der Waals surface area (Å²) in [6.07, 6.45) is -0.530. The number of hydrogen-bond acceptors (Lipinski definition) is 4. The third kappa shape index (κ3) is 1.27. The summed E-state index contributed by atoms with van der Waals surface area (Å²) in [5, 5.41) is 27.3. The standard InChI is InChI=1S/C9H12N2O3/c10-5-9(1-2-9)8(14)11-3-6(12)7(13)4-11/h6-7,12-13H,1-4H2. The molecule has 1 amide bonds. The lowest BCUT2D eigenvalue weighted by Gasteiger charge is -2.17. The van der Waals surface area contributed by atoms with E-state index in [1.165, 1.54) is 4.90 Å². The number of likely N-dealkylation sites (tertiary alicyclic amines) is 1. The number of amides is 1. The molecule has 2 N–H and O–H groups in total. The molecule has 5 nitrogen and oxygen atoms in total. The number of aliphatic hydroxyl groups is 2. The molecule has 2 atom stereocenters. The largest absolute Gasteiger partial charge is 0.388 e. The van der Waals surface area contributed by atoms with E-state index >= 15 is 0 Å². The lowest BCUT2D eigenvalue weighted by Crippen LogP contribution is -2.35. The highest BCUT2D eigenvalue weighted by molar-refractivity contribution is 5.88. The van der Waals surface area contributed by atoms with Crippen molar-refractivity contribution in [1.82, 2.24) is 4.90 Å². The van der Waals surface area contributed by atoms with Crippen LogP contribution < -0.4 is 0 Å². The molecule has 5 heteroatoms. The molecule has 0 aromatic rings. The average molecular weight is 196 g/mol. The van der Waals surface area contributed by atoms with Crippen molar-refractivity contribution in [2.45, 2.75) is 25.0 Å². The fourth-order valence-corrected chi connectivity index (χ4v) is 1.74. The Bertz CT molecular complexity index is 296. The van der Waals surface area contributed by atoms with Gasteiger partial charge in [0, 0.05) is 13.1 Å². The van der Waals surface area contributed by atoms with Crippen molar-refractivity contribution >= 4 is 5.91 Å². The quantitative estimate of drug-likeness (QED) is 0.555. The van der Waals surface area contributed by atoms with E-state index in [1.54, 1.807) is 0 Å². The zero-order chi connectivity index (χ0) is 10.3. The van der Waals surface area contributed by atoms with Gasteiger partial charge < -0.3 is 15.1 Å². The Morgan fingerprint density at radius 1 is 1.36 bits per heavy atom. The Morgan fingerprint density at radius 2 is 1.86 bits per heavy atom. The third-order valence-electron chi connectivity index (χ3n) is 2.92. The van der Waals surface area contributed by atoms with Gasteiger partial charge in [0.2, 0.25) is 5.91 Å². The molecule has 1 heterocycles. The van der Waals surface area contributed by atoms with Crippen LogP contribution >= 0.6 is 0 Å². The molecule has 2 fully saturated rings. The van der Waals surface area contributed by atoms with Crippen LogP contribution in [0, 0.1) is 16.7 Å². The Balaban J connectivity index is 2.05. The maximum Gasteiger partial charge on any atom is 0.243 e. The van der Waals surface area contributed by atoms with Gasteiger partial charge in [-0.05, 0) is 12.8 Å². The van der Waals surface area contributed by atoms with Gasteiger partial charge in [-0.15, -0.1) is 0 Å². The lowest BCUT2D eigenvalue weighted by molar-refractivity contribution is -0.134. The van der Waals surface area contributed by atoms with Crippen LogP contribution in [-0.2, 0) is 4.79 Å². The molecular weight excluding hydrogens is 184 g/mol. The van der Waals surface area contributed by atoms with Gasteiger partial charge in [-0.2, -0.15) is 5.26 Å². The lowest BCUT2D eigenvalue weighted by atomic mass is 10.1. The summed E-state index contributed by atoms with van der Waals surface area (Å²) >= 11 is 0. The maximum atomic E-state index is 11.7. The number of hydrogen-bond donors (Lipinski definition) is 2. The third-order valence-corrected chi connectivity index (χ3v) is 2.92. The first-order chi connectivity index (χ1) is 6.59. The molecule has 1 saturated heterocycles. The summed E-state index contributed by atoms with van der Waals surface area (Å²) < 4.78 is 0. The van der Waals surface area contributed by atoms with Gasteiger partial charge >= 0.3 is 0 Å². The highest BCUT2D eigenvalue weighted by Crippen LogP contribution is 2.46. The summed E-state index contributed by atoms with van der Waals surface area (Å²) in [6, 6.07) is 2.00. The summed E-state index contributed by atoms with van der Waals surface area (Å²) in [5.74, 6) is -0.240. The predicted molar refractivity (Wildman–Crippen MR) is 45.9 cm³/mol. The summed E-state index contributed by atoms with van der Waals surface area (Å²) in [5.41, 5.74) is -0.843. The molecule has 0 spiro atoms. The average Bonchev–Trinajstić information content (AvgIpc) is 2.90. The van der Waals surface area contributed by atoms with Crippen molar-refractivity contribution < 1.29 is 15.0 Å². The first-order valence-electron chi connectivity index (χ1n) is 4.66. The number of nitrogens with zero attached hydrogens (tertiary/aromatic N) is 2. The van der Waals surface area contributed by atoms with E-state index in [0.29, 0.717) is 12.8 Å². The molecule has 2 aliphatic rings. The summed E-state index contributed by atoms with van der Waals surface area (Å²) in [4.78, 5) is 13.1. The Labute approximate surface area is 81.5 Å². The van der Waals surface area contributed by atoms with Gasteiger partial charge in [0.1, 0.15) is 5.41 Å². The Hall–Kier alpha value is -1.12. The highest BCUT2D eigenvalue weighted by atomic mass is 16.3. The van der Waals surface area contributed by atoms with Crippen LogP contribution in [0.1, 0.15) is 12.8 Å². The molecule has 0 radical (unpaired) electrons. The molecular formula is C9H12N2O3. The van der Waals surface area contributed by atoms with E-state index in [2.05, 4.69) is 0 Å². The molecule has 2 rings (SSSR count). The number of aliphatic hydroxyl groups excluding tert-OH is 2. The maximum absolute atomic E-state index is 11.7. The second-order valence-electron chi connectivity index (χ2n) is 4.04. The van der Waals surface area contributed by atoms with E-state index in [4.69, 9.17) is 5.26 Å². The van der Waals surface area contributed by atoms with Crippen LogP contribution in [0.2, 0.25) is 0 Å². The second-order valence-corrected chi connectivity index (χ2v) is 4.04. The van der Waals surface area contributed by atoms with Crippen LogP contribution in [-0.4, -0.2) is 46.3 Å². The molecule has 76 valence electrons. The van der Waals surface area contributed by atoms with Gasteiger partial charge in [0.25, 0.3) is 0 Å². The van der Waals surface area contributed by atoms with Crippen LogP contribution in [0.15, 0.2) is 0 Å². The zero-order valence-electron chi connectivity index (χ0n) is 7.68. The van der Waals surface area contributed by atoms with Gasteiger partial charge in [-0.3, -0.25) is 4.79 Å². The van der Waals surface area contributed by atoms with E-state index in [-0.39, 0.29) is 19.0 Å². The van der Waals surface area contributed by atoms with Gasteiger partial charge in [-0.25, -0.2) is 0 Å². The topological polar surface area (TPSA) is 84.6 Å². The molecule has 0 aromatic carbocycles. The van der Waals surface area contributed by atoms with E-state index in [0.717, 1.165) is 0 Å². The smallest absolute Gasteiger partial charge is 0.243 e. The normalized spacial score (nSPS) is 33.9. The first-order valence-corrected chi connectivity index (χ1v) is 4.66. The molecule has 1 aliphatic heterocycles. The minimum absolute atomic E-state index is 0.142. The highest BCUT2D eigenvalue weighted by Gasteiger charge is 2.54. The number of carbonyl (C=O) groups is 1. The number of rotatable bonds is 1. The van der Waals surface area contributed by atoms with Crippen molar-refractivity contribution in [3.8, 4) is 6.07 Å². The molecule has 14 heavy (non-hydrogen) atoms. The molecule has 1 saturated carbocycles. The minimum Gasteiger partial charge on any atom is -0.388 e. The van der Waals surface area contributed by atoms with Crippen LogP contribution in [0.4, 0.5) is 0 Å². The summed E-state index contributed by atoms with van der Waals surface area (Å²) in [7, 11) is 0. The fourth-order valence-electron chi connectivity index (χ4n) is 1.74. The van der Waals surface area contributed by atoms with Gasteiger partial charge in [-0.1, -0.05) is 0 Å². The number of carbonyl (C=O) groups excluding carboxylic acids is 1. The van der Waals surface area contributed by atoms with Crippen molar-refractivity contribution in [2.75, 3.05) is 13.1 Å². The van der Waals surface area contributed by atoms with Crippen molar-refractivity contribution in [3.05, 3.63) is 0 Å². The molecule has 0 bridgehead atoms. The molecule has 2 unspecified atom stereocenters. The molecule has 0 aromatic heterocycles. The monoisotopic (exact) mass is 196 g/mol. The van der Waals surface area contributed by atoms with Crippen LogP contribution in [0.25, 0.3) is 0 Å². The van der Waals surface area contributed by atoms with Gasteiger partial charge in [0.05, 0.1) is 18.3 Å². The minimum atomic E-state index is -0.867. The second kappa shape index (κ2) is 2.94. The van der Waals surface area contributed by atoms with Crippen molar-refractivity contribution in [2.24, 2.45) is 5.41 Å². The number of nitriles is 1.